The molecule has 1 atom stereocenters. The third kappa shape index (κ3) is 3.02. The van der Waals surface area contributed by atoms with Crippen molar-refractivity contribution in [3.8, 4) is 0 Å². The molecule has 0 heterocycles. The summed E-state index contributed by atoms with van der Waals surface area (Å²) >= 11 is 3.16. The Labute approximate surface area is 97.4 Å². The fourth-order valence-corrected chi connectivity index (χ4v) is 2.15. The molecule has 15 heavy (non-hydrogen) atoms. The van der Waals surface area contributed by atoms with Crippen molar-refractivity contribution in [2.45, 2.75) is 31.8 Å². The Kier molecular flexibility index (Phi) is 3.42. The van der Waals surface area contributed by atoms with E-state index in [1.165, 1.54) is 6.07 Å². The molecule has 82 valence electrons. The fourth-order valence-electron chi connectivity index (χ4n) is 1.73. The molecule has 0 spiro atoms. The Bertz CT molecular complexity index is 349. The molecule has 3 heteroatoms. The van der Waals surface area contributed by atoms with Crippen LogP contribution in [-0.2, 0) is 6.42 Å². The summed E-state index contributed by atoms with van der Waals surface area (Å²) in [5.41, 5.74) is 1.07. The largest absolute Gasteiger partial charge is 0.393 e. The quantitative estimate of drug-likeness (QED) is 0.892. The van der Waals surface area contributed by atoms with Crippen LogP contribution in [0.25, 0.3) is 0 Å². The van der Waals surface area contributed by atoms with E-state index in [9.17, 15) is 9.50 Å². The number of aliphatic hydroxyl groups is 1. The zero-order valence-corrected chi connectivity index (χ0v) is 10.0. The van der Waals surface area contributed by atoms with Gasteiger partial charge >= 0.3 is 0 Å². The lowest BCUT2D eigenvalue weighted by molar-refractivity contribution is 0.142. The van der Waals surface area contributed by atoms with E-state index in [0.29, 0.717) is 10.4 Å². The molecule has 1 aliphatic rings. The summed E-state index contributed by atoms with van der Waals surface area (Å²) in [5, 5.41) is 9.69. The SMILES string of the molecule is OC(CCc1ccc(F)c(Br)c1)C1CC1. The van der Waals surface area contributed by atoms with E-state index in [0.717, 1.165) is 31.2 Å². The van der Waals surface area contributed by atoms with Gasteiger partial charge in [0.05, 0.1) is 10.6 Å². The van der Waals surface area contributed by atoms with E-state index >= 15 is 0 Å². The zero-order chi connectivity index (χ0) is 10.8. The van der Waals surface area contributed by atoms with Gasteiger partial charge in [-0.05, 0) is 65.2 Å². The smallest absolute Gasteiger partial charge is 0.137 e. The molecule has 0 aliphatic heterocycles. The van der Waals surface area contributed by atoms with Crippen LogP contribution in [0.1, 0.15) is 24.8 Å². The van der Waals surface area contributed by atoms with Crippen LogP contribution in [-0.4, -0.2) is 11.2 Å². The molecule has 0 aromatic heterocycles. The maximum atomic E-state index is 12.9. The second kappa shape index (κ2) is 4.62. The van der Waals surface area contributed by atoms with Crippen LogP contribution in [0.5, 0.6) is 0 Å². The number of benzene rings is 1. The minimum atomic E-state index is -0.235. The summed E-state index contributed by atoms with van der Waals surface area (Å²) in [5.74, 6) is 0.287. The molecule has 1 saturated carbocycles. The van der Waals surface area contributed by atoms with Crippen LogP contribution in [0.3, 0.4) is 0 Å². The first kappa shape index (κ1) is 11.1. The van der Waals surface area contributed by atoms with E-state index < -0.39 is 0 Å². The predicted octanol–water partition coefficient (Wildman–Crippen LogP) is 3.29. The molecule has 1 aromatic rings. The van der Waals surface area contributed by atoms with Crippen LogP contribution >= 0.6 is 15.9 Å². The summed E-state index contributed by atoms with van der Waals surface area (Å²) in [7, 11) is 0. The Hall–Kier alpha value is -0.410. The number of halogens is 2. The fraction of sp³-hybridized carbons (Fsp3) is 0.500. The number of aliphatic hydroxyl groups excluding tert-OH is 1. The number of aryl methyl sites for hydroxylation is 1. The number of hydrogen-bond donors (Lipinski definition) is 1. The summed E-state index contributed by atoms with van der Waals surface area (Å²) in [6.07, 6.45) is 3.75. The summed E-state index contributed by atoms with van der Waals surface area (Å²) in [6.45, 7) is 0. The maximum absolute atomic E-state index is 12.9. The maximum Gasteiger partial charge on any atom is 0.137 e. The average molecular weight is 273 g/mol. The second-order valence-corrected chi connectivity index (χ2v) is 5.05. The molecule has 1 fully saturated rings. The average Bonchev–Trinajstić information content (AvgIpc) is 3.03. The van der Waals surface area contributed by atoms with Gasteiger partial charge < -0.3 is 5.11 Å². The van der Waals surface area contributed by atoms with Crippen LogP contribution in [0.2, 0.25) is 0 Å². The van der Waals surface area contributed by atoms with E-state index in [2.05, 4.69) is 15.9 Å². The van der Waals surface area contributed by atoms with Gasteiger partial charge in [0.1, 0.15) is 5.82 Å². The van der Waals surface area contributed by atoms with Crippen LogP contribution in [0.4, 0.5) is 4.39 Å². The first-order chi connectivity index (χ1) is 7.16. The van der Waals surface area contributed by atoms with Gasteiger partial charge in [-0.15, -0.1) is 0 Å². The molecule has 0 radical (unpaired) electrons. The Morgan fingerprint density at radius 3 is 2.80 bits per heavy atom. The monoisotopic (exact) mass is 272 g/mol. The third-order valence-corrected chi connectivity index (χ3v) is 3.49. The highest BCUT2D eigenvalue weighted by atomic mass is 79.9. The Morgan fingerprint density at radius 2 is 2.20 bits per heavy atom. The molecule has 0 saturated heterocycles. The second-order valence-electron chi connectivity index (χ2n) is 4.19. The first-order valence-corrected chi connectivity index (χ1v) is 6.08. The molecule has 0 amide bonds. The lowest BCUT2D eigenvalue weighted by Gasteiger charge is -2.08. The predicted molar refractivity (Wildman–Crippen MR) is 61.2 cm³/mol. The molecule has 1 aliphatic carbocycles. The van der Waals surface area contributed by atoms with Gasteiger partial charge in [0.2, 0.25) is 0 Å². The standard InChI is InChI=1S/C12H14BrFO/c13-10-7-8(1-5-11(10)14)2-6-12(15)9-3-4-9/h1,5,7,9,12,15H,2-4,6H2. The van der Waals surface area contributed by atoms with Crippen LogP contribution in [0, 0.1) is 11.7 Å². The number of hydrogen-bond acceptors (Lipinski definition) is 1. The van der Waals surface area contributed by atoms with Crippen molar-refractivity contribution in [1.29, 1.82) is 0 Å². The third-order valence-electron chi connectivity index (χ3n) is 2.88. The van der Waals surface area contributed by atoms with Crippen molar-refractivity contribution < 1.29 is 9.50 Å². The van der Waals surface area contributed by atoms with Crippen LogP contribution in [0.15, 0.2) is 22.7 Å². The Morgan fingerprint density at radius 1 is 1.47 bits per heavy atom. The van der Waals surface area contributed by atoms with Gasteiger partial charge in [-0.3, -0.25) is 0 Å². The normalized spacial score (nSPS) is 17.8. The first-order valence-electron chi connectivity index (χ1n) is 5.29. The van der Waals surface area contributed by atoms with Crippen molar-refractivity contribution >= 4 is 15.9 Å². The summed E-state index contributed by atoms with van der Waals surface area (Å²) in [6, 6.07) is 5.03. The van der Waals surface area contributed by atoms with E-state index in [1.54, 1.807) is 12.1 Å². The summed E-state index contributed by atoms with van der Waals surface area (Å²) in [4.78, 5) is 0. The van der Waals surface area contributed by atoms with Gasteiger partial charge in [-0.2, -0.15) is 0 Å². The van der Waals surface area contributed by atoms with E-state index in [4.69, 9.17) is 0 Å². The lowest BCUT2D eigenvalue weighted by Crippen LogP contribution is -2.10. The highest BCUT2D eigenvalue weighted by Crippen LogP contribution is 2.34. The molecule has 2 rings (SSSR count). The number of rotatable bonds is 4. The minimum Gasteiger partial charge on any atom is -0.393 e. The summed E-state index contributed by atoms with van der Waals surface area (Å²) < 4.78 is 13.4. The van der Waals surface area contributed by atoms with E-state index in [1.807, 2.05) is 0 Å². The molecule has 1 N–H and O–H groups in total. The van der Waals surface area contributed by atoms with Gasteiger partial charge in [0, 0.05) is 0 Å². The lowest BCUT2D eigenvalue weighted by atomic mass is 10.0. The van der Waals surface area contributed by atoms with Crippen molar-refractivity contribution in [3.63, 3.8) is 0 Å². The van der Waals surface area contributed by atoms with Gasteiger partial charge in [-0.25, -0.2) is 4.39 Å². The van der Waals surface area contributed by atoms with Crippen LogP contribution < -0.4 is 0 Å². The molecule has 1 unspecified atom stereocenters. The highest BCUT2D eigenvalue weighted by Gasteiger charge is 2.29. The minimum absolute atomic E-state index is 0.172. The van der Waals surface area contributed by atoms with Crippen molar-refractivity contribution in [1.82, 2.24) is 0 Å². The topological polar surface area (TPSA) is 20.2 Å². The van der Waals surface area contributed by atoms with Gasteiger partial charge in [0.15, 0.2) is 0 Å². The van der Waals surface area contributed by atoms with Crippen molar-refractivity contribution in [2.24, 2.45) is 5.92 Å². The van der Waals surface area contributed by atoms with Crippen molar-refractivity contribution in [2.75, 3.05) is 0 Å². The molecular formula is C12H14BrFO. The molecule has 1 nitrogen and oxygen atoms in total. The van der Waals surface area contributed by atoms with E-state index in [-0.39, 0.29) is 11.9 Å². The molecular weight excluding hydrogens is 259 g/mol. The molecule has 1 aromatic carbocycles. The van der Waals surface area contributed by atoms with Crippen molar-refractivity contribution in [3.05, 3.63) is 34.1 Å². The Balaban J connectivity index is 1.89. The van der Waals surface area contributed by atoms with Gasteiger partial charge in [-0.1, -0.05) is 6.07 Å². The highest BCUT2D eigenvalue weighted by molar-refractivity contribution is 9.10. The molecule has 0 bridgehead atoms. The van der Waals surface area contributed by atoms with Gasteiger partial charge in [0.25, 0.3) is 0 Å². The zero-order valence-electron chi connectivity index (χ0n) is 8.42.